The van der Waals surface area contributed by atoms with E-state index in [0.29, 0.717) is 5.96 Å². The molecule has 1 aromatic carbocycles. The zero-order chi connectivity index (χ0) is 15.0. The van der Waals surface area contributed by atoms with Gasteiger partial charge in [0.1, 0.15) is 0 Å². The van der Waals surface area contributed by atoms with Crippen LogP contribution < -0.4 is 11.1 Å². The zero-order valence-corrected chi connectivity index (χ0v) is 15.9. The number of halogens is 1. The minimum Gasteiger partial charge on any atom is -0.370 e. The molecule has 21 heavy (non-hydrogen) atoms. The molecule has 4 nitrogen and oxygen atoms in total. The van der Waals surface area contributed by atoms with Crippen molar-refractivity contribution >= 4 is 29.9 Å². The lowest BCUT2D eigenvalue weighted by Crippen LogP contribution is -2.36. The van der Waals surface area contributed by atoms with E-state index < -0.39 is 0 Å². The van der Waals surface area contributed by atoms with Crippen molar-refractivity contribution in [3.8, 4) is 0 Å². The molecule has 0 heterocycles. The van der Waals surface area contributed by atoms with E-state index in [0.717, 1.165) is 26.1 Å². The van der Waals surface area contributed by atoms with Crippen molar-refractivity contribution in [1.82, 2.24) is 10.2 Å². The molecule has 0 amide bonds. The number of hydrogen-bond donors (Lipinski definition) is 2. The topological polar surface area (TPSA) is 53.6 Å². The lowest BCUT2D eigenvalue weighted by atomic mass is 9.93. The number of aliphatic imine (C=N–C) groups is 1. The van der Waals surface area contributed by atoms with Crippen LogP contribution in [0.3, 0.4) is 0 Å². The third-order valence-electron chi connectivity index (χ3n) is 2.98. The van der Waals surface area contributed by atoms with Crippen LogP contribution in [0.5, 0.6) is 0 Å². The molecule has 120 valence electrons. The molecule has 3 N–H and O–H groups in total. The Morgan fingerprint density at radius 1 is 1.24 bits per heavy atom. The smallest absolute Gasteiger partial charge is 0.188 e. The summed E-state index contributed by atoms with van der Waals surface area (Å²) in [5.41, 5.74) is 7.34. The van der Waals surface area contributed by atoms with Crippen LogP contribution in [-0.2, 0) is 6.42 Å². The lowest BCUT2D eigenvalue weighted by molar-refractivity contribution is 0.249. The molecule has 5 heteroatoms. The van der Waals surface area contributed by atoms with Gasteiger partial charge in [-0.15, -0.1) is 24.0 Å². The molecule has 0 saturated heterocycles. The van der Waals surface area contributed by atoms with Gasteiger partial charge in [-0.1, -0.05) is 44.2 Å². The van der Waals surface area contributed by atoms with Crippen molar-refractivity contribution in [2.24, 2.45) is 16.1 Å². The van der Waals surface area contributed by atoms with E-state index in [4.69, 9.17) is 5.73 Å². The quantitative estimate of drug-likeness (QED) is 0.417. The molecule has 0 aliphatic heterocycles. The monoisotopic (exact) mass is 404 g/mol. The van der Waals surface area contributed by atoms with Crippen LogP contribution in [0.4, 0.5) is 0 Å². The second-order valence-corrected chi connectivity index (χ2v) is 6.27. The van der Waals surface area contributed by atoms with E-state index in [-0.39, 0.29) is 29.4 Å². The first-order valence-electron chi connectivity index (χ1n) is 7.11. The first kappa shape index (κ1) is 20.2. The molecule has 0 saturated carbocycles. The molecular weight excluding hydrogens is 375 g/mol. The van der Waals surface area contributed by atoms with Crippen LogP contribution >= 0.6 is 24.0 Å². The Balaban J connectivity index is 0.00000400. The van der Waals surface area contributed by atoms with Gasteiger partial charge in [-0.05, 0) is 31.5 Å². The maximum atomic E-state index is 5.90. The molecule has 0 radical (unpaired) electrons. The number of guanidine groups is 1. The Morgan fingerprint density at radius 3 is 2.43 bits per heavy atom. The summed E-state index contributed by atoms with van der Waals surface area (Å²) in [6, 6.07) is 10.4. The Labute approximate surface area is 146 Å². The number of nitrogens with one attached hydrogen (secondary N) is 1. The minimum atomic E-state index is 0. The highest BCUT2D eigenvalue weighted by molar-refractivity contribution is 14.0. The van der Waals surface area contributed by atoms with E-state index in [1.54, 1.807) is 0 Å². The number of rotatable bonds is 7. The molecule has 0 fully saturated rings. The van der Waals surface area contributed by atoms with E-state index in [9.17, 15) is 0 Å². The third-order valence-corrected chi connectivity index (χ3v) is 2.98. The molecular formula is C16H29IN4. The van der Waals surface area contributed by atoms with Gasteiger partial charge in [0.15, 0.2) is 5.96 Å². The predicted octanol–water partition coefficient (Wildman–Crippen LogP) is 2.34. The maximum absolute atomic E-state index is 5.90. The fraction of sp³-hybridized carbons (Fsp3) is 0.562. The molecule has 0 aromatic heterocycles. The zero-order valence-electron chi connectivity index (χ0n) is 13.6. The summed E-state index contributed by atoms with van der Waals surface area (Å²) in [5, 5.41) is 3.17. The fourth-order valence-corrected chi connectivity index (χ4v) is 2.24. The van der Waals surface area contributed by atoms with E-state index >= 15 is 0 Å². The Hall–Kier alpha value is -0.820. The molecule has 1 aromatic rings. The van der Waals surface area contributed by atoms with E-state index in [2.05, 4.69) is 67.4 Å². The van der Waals surface area contributed by atoms with E-state index in [1.165, 1.54) is 5.56 Å². The first-order chi connectivity index (χ1) is 9.39. The Morgan fingerprint density at radius 2 is 1.86 bits per heavy atom. The summed E-state index contributed by atoms with van der Waals surface area (Å²) in [6.45, 7) is 6.94. The average molecular weight is 404 g/mol. The van der Waals surface area contributed by atoms with Gasteiger partial charge < -0.3 is 16.0 Å². The van der Waals surface area contributed by atoms with Crippen LogP contribution in [0.2, 0.25) is 0 Å². The molecule has 0 unspecified atom stereocenters. The van der Waals surface area contributed by atoms with Gasteiger partial charge in [0.25, 0.3) is 0 Å². The Bertz CT molecular complexity index is 416. The number of hydrogen-bond acceptors (Lipinski definition) is 2. The first-order valence-corrected chi connectivity index (χ1v) is 7.11. The molecule has 1 rings (SSSR count). The number of nitrogens with zero attached hydrogens (tertiary/aromatic N) is 2. The summed E-state index contributed by atoms with van der Waals surface area (Å²) < 4.78 is 0. The van der Waals surface area contributed by atoms with Crippen LogP contribution in [0, 0.1) is 5.41 Å². The van der Waals surface area contributed by atoms with E-state index in [1.807, 2.05) is 6.07 Å². The maximum Gasteiger partial charge on any atom is 0.188 e. The summed E-state index contributed by atoms with van der Waals surface area (Å²) in [6.07, 6.45) is 0.956. The molecule has 0 atom stereocenters. The van der Waals surface area contributed by atoms with Crippen LogP contribution in [0.15, 0.2) is 35.3 Å². The third kappa shape index (κ3) is 9.68. The molecule has 0 bridgehead atoms. The van der Waals surface area contributed by atoms with Gasteiger partial charge in [0.2, 0.25) is 0 Å². The summed E-state index contributed by atoms with van der Waals surface area (Å²) in [4.78, 5) is 6.61. The Kier molecular flexibility index (Phi) is 9.61. The second-order valence-electron chi connectivity index (χ2n) is 6.27. The minimum absolute atomic E-state index is 0. The molecule has 0 aliphatic carbocycles. The van der Waals surface area contributed by atoms with Crippen molar-refractivity contribution < 1.29 is 0 Å². The van der Waals surface area contributed by atoms with Gasteiger partial charge in [-0.25, -0.2) is 0 Å². The highest BCUT2D eigenvalue weighted by Gasteiger charge is 2.18. The molecule has 0 aliphatic rings. The number of benzene rings is 1. The van der Waals surface area contributed by atoms with Gasteiger partial charge in [-0.2, -0.15) is 0 Å². The van der Waals surface area contributed by atoms with Gasteiger partial charge in [-0.3, -0.25) is 4.99 Å². The van der Waals surface area contributed by atoms with Gasteiger partial charge in [0.05, 0.1) is 0 Å². The van der Waals surface area contributed by atoms with Crippen molar-refractivity contribution in [3.63, 3.8) is 0 Å². The van der Waals surface area contributed by atoms with Gasteiger partial charge in [0, 0.05) is 19.6 Å². The number of nitrogens with two attached hydrogens (primary N) is 1. The fourth-order valence-electron chi connectivity index (χ4n) is 2.24. The van der Waals surface area contributed by atoms with Crippen molar-refractivity contribution in [2.75, 3.05) is 33.7 Å². The van der Waals surface area contributed by atoms with Gasteiger partial charge >= 0.3 is 0 Å². The largest absolute Gasteiger partial charge is 0.370 e. The summed E-state index contributed by atoms with van der Waals surface area (Å²) in [5.74, 6) is 0.535. The van der Waals surface area contributed by atoms with Crippen LogP contribution in [0.25, 0.3) is 0 Å². The van der Waals surface area contributed by atoms with Crippen molar-refractivity contribution in [2.45, 2.75) is 20.3 Å². The standard InChI is InChI=1S/C16H28N4.HI/c1-16(2,13-20(3)4)12-19-15(17)18-11-10-14-8-6-5-7-9-14;/h5-9H,10-13H2,1-4H3,(H3,17,18,19);1H. The highest BCUT2D eigenvalue weighted by Crippen LogP contribution is 2.15. The summed E-state index contributed by atoms with van der Waals surface area (Å²) >= 11 is 0. The highest BCUT2D eigenvalue weighted by atomic mass is 127. The average Bonchev–Trinajstić information content (AvgIpc) is 2.36. The SMILES string of the molecule is CN(C)CC(C)(C)CN=C(N)NCCc1ccccc1.I. The normalized spacial score (nSPS) is 12.1. The summed E-state index contributed by atoms with van der Waals surface area (Å²) in [7, 11) is 4.15. The van der Waals surface area contributed by atoms with Crippen LogP contribution in [0.1, 0.15) is 19.4 Å². The second kappa shape index (κ2) is 10.00. The van der Waals surface area contributed by atoms with Crippen molar-refractivity contribution in [1.29, 1.82) is 0 Å². The predicted molar refractivity (Wildman–Crippen MR) is 102 cm³/mol. The molecule has 0 spiro atoms. The van der Waals surface area contributed by atoms with Crippen LogP contribution in [-0.4, -0.2) is 44.6 Å². The van der Waals surface area contributed by atoms with Crippen molar-refractivity contribution in [3.05, 3.63) is 35.9 Å². The lowest BCUT2D eigenvalue weighted by Gasteiger charge is -2.26.